The average molecular weight is 997 g/mol. The van der Waals surface area contributed by atoms with Gasteiger partial charge < -0.3 is 52.8 Å². The number of unbranched alkanes of at least 4 members (excludes halogenated alkanes) is 2. The van der Waals surface area contributed by atoms with E-state index in [1.54, 1.807) is 42.7 Å². The summed E-state index contributed by atoms with van der Waals surface area (Å²) in [5.74, 6) is 0.446. The first-order valence-corrected chi connectivity index (χ1v) is 29.6. The number of amides is 4. The van der Waals surface area contributed by atoms with Crippen molar-refractivity contribution in [3.8, 4) is 28.7 Å². The van der Waals surface area contributed by atoms with Gasteiger partial charge in [-0.25, -0.2) is 9.59 Å². The van der Waals surface area contributed by atoms with Crippen LogP contribution in [0, 0.1) is 0 Å². The third-order valence-corrected chi connectivity index (χ3v) is 22.3. The third-order valence-electron chi connectivity index (χ3n) is 13.3. The Bertz CT molecular complexity index is 2210. The second-order valence-electron chi connectivity index (χ2n) is 22.1. The van der Waals surface area contributed by atoms with Gasteiger partial charge in [-0.05, 0) is 95.2 Å². The molecule has 384 valence electrons. The smallest absolute Gasteiger partial charge is 0.412 e. The molecule has 2 saturated heterocycles. The van der Waals surface area contributed by atoms with Gasteiger partial charge in [0.25, 0.3) is 11.8 Å². The fourth-order valence-corrected chi connectivity index (χ4v) is 9.41. The Labute approximate surface area is 412 Å². The van der Waals surface area contributed by atoms with Crippen LogP contribution in [0.25, 0.3) is 0 Å². The molecule has 69 heavy (non-hydrogen) atoms. The summed E-state index contributed by atoms with van der Waals surface area (Å²) in [4.78, 5) is 57.3. The van der Waals surface area contributed by atoms with Crippen molar-refractivity contribution in [1.29, 1.82) is 0 Å². The van der Waals surface area contributed by atoms with Crippen molar-refractivity contribution in [2.24, 2.45) is 5.73 Å². The number of rotatable bonds is 20. The van der Waals surface area contributed by atoms with Gasteiger partial charge in [-0.1, -0.05) is 65.8 Å². The number of anilines is 1. The van der Waals surface area contributed by atoms with Gasteiger partial charge in [0, 0.05) is 31.3 Å². The topological polar surface area (TPSA) is 187 Å². The zero-order chi connectivity index (χ0) is 51.9. The highest BCUT2D eigenvalue weighted by molar-refractivity contribution is 6.74. The molecule has 0 aromatic heterocycles. The summed E-state index contributed by atoms with van der Waals surface area (Å²) < 4.78 is 47.7. The highest BCUT2D eigenvalue weighted by atomic mass is 28.4. The predicted octanol–water partition coefficient (Wildman–Crippen LogP) is 10.7. The van der Waals surface area contributed by atoms with E-state index in [4.69, 9.17) is 43.0 Å². The maximum Gasteiger partial charge on any atom is 0.412 e. The second kappa shape index (κ2) is 22.8. The van der Waals surface area contributed by atoms with Gasteiger partial charge in [-0.3, -0.25) is 14.9 Å². The van der Waals surface area contributed by atoms with Gasteiger partial charge in [-0.2, -0.15) is 0 Å². The molecule has 2 atom stereocenters. The monoisotopic (exact) mass is 997 g/mol. The Balaban J connectivity index is 1.45. The van der Waals surface area contributed by atoms with Crippen molar-refractivity contribution in [1.82, 2.24) is 9.80 Å². The van der Waals surface area contributed by atoms with Crippen LogP contribution in [0.5, 0.6) is 28.7 Å². The van der Waals surface area contributed by atoms with Gasteiger partial charge in [0.2, 0.25) is 0 Å². The van der Waals surface area contributed by atoms with Crippen LogP contribution in [0.1, 0.15) is 115 Å². The number of likely N-dealkylation sites (tertiary alicyclic amines) is 2. The Morgan fingerprint density at radius 3 is 1.51 bits per heavy atom. The molecule has 18 heteroatoms. The lowest BCUT2D eigenvalue weighted by atomic mass is 10.1. The predicted molar refractivity (Wildman–Crippen MR) is 274 cm³/mol. The first-order chi connectivity index (χ1) is 31.9. The summed E-state index contributed by atoms with van der Waals surface area (Å²) in [5.41, 5.74) is 7.01. The van der Waals surface area contributed by atoms with Gasteiger partial charge in [0.15, 0.2) is 39.6 Å². The molecule has 0 radical (unpaired) electrons. The number of carbonyl (C=O) groups is 4. The molecule has 2 aromatic rings. The van der Waals surface area contributed by atoms with E-state index in [0.29, 0.717) is 69.9 Å². The highest BCUT2D eigenvalue weighted by Crippen LogP contribution is 2.41. The van der Waals surface area contributed by atoms with Crippen molar-refractivity contribution in [3.63, 3.8) is 0 Å². The van der Waals surface area contributed by atoms with Crippen LogP contribution < -0.4 is 34.7 Å². The zero-order valence-corrected chi connectivity index (χ0v) is 46.0. The Kier molecular flexibility index (Phi) is 18.7. The molecule has 16 nitrogen and oxygen atoms in total. The molecule has 0 unspecified atom stereocenters. The van der Waals surface area contributed by atoms with Crippen LogP contribution in [-0.4, -0.2) is 122 Å². The van der Waals surface area contributed by atoms with E-state index >= 15 is 0 Å². The molecule has 2 aliphatic rings. The van der Waals surface area contributed by atoms with E-state index in [-0.39, 0.29) is 81.3 Å². The van der Waals surface area contributed by atoms with Gasteiger partial charge >= 0.3 is 12.2 Å². The Hall–Kier alpha value is -5.05. The minimum atomic E-state index is -2.11. The Morgan fingerprint density at radius 2 is 1.09 bits per heavy atom. The number of nitrogens with two attached hydrogens (primary N) is 1. The highest BCUT2D eigenvalue weighted by Gasteiger charge is 2.42. The van der Waals surface area contributed by atoms with Crippen LogP contribution in [0.4, 0.5) is 15.3 Å². The SMILES string of the molecule is C=C1C[C@H](CO[Si](C)(C)C(C)(C)C)N(C(=O)c2cc(OC)c(OCCCCCOc3cc(OC(N)=O)c(C(=O)N4CC(=C)C[C@@H]4CO[Si](C)(C)C(C)(C)C)cc3OC)cc2NC(=O)OC(C)(C)C)C1. The van der Waals surface area contributed by atoms with E-state index < -0.39 is 34.4 Å². The number of hydrogen-bond donors (Lipinski definition) is 2. The largest absolute Gasteiger partial charge is 0.493 e. The van der Waals surface area contributed by atoms with Crippen molar-refractivity contribution < 1.29 is 56.5 Å². The molecule has 3 N–H and O–H groups in total. The van der Waals surface area contributed by atoms with Crippen molar-refractivity contribution in [2.75, 3.05) is 59.1 Å². The summed E-state index contributed by atoms with van der Waals surface area (Å²) in [5, 5.41) is 2.77. The molecule has 0 bridgehead atoms. The molecular weight excluding hydrogens is 917 g/mol. The lowest BCUT2D eigenvalue weighted by molar-refractivity contribution is 0.0634. The van der Waals surface area contributed by atoms with E-state index in [0.717, 1.165) is 11.1 Å². The number of nitrogens with zero attached hydrogens (tertiary/aromatic N) is 2. The number of carbonyl (C=O) groups excluding carboxylic acids is 4. The number of primary amides is 1. The van der Waals surface area contributed by atoms with Crippen molar-refractivity contribution in [2.45, 2.75) is 148 Å². The number of hydrogen-bond acceptors (Lipinski definition) is 12. The molecule has 4 amide bonds. The summed E-state index contributed by atoms with van der Waals surface area (Å²) in [7, 11) is -1.26. The zero-order valence-electron chi connectivity index (χ0n) is 44.0. The molecule has 0 saturated carbocycles. The van der Waals surface area contributed by atoms with Crippen LogP contribution in [0.3, 0.4) is 0 Å². The molecule has 4 rings (SSSR count). The van der Waals surface area contributed by atoms with E-state index in [1.807, 2.05) is 0 Å². The lowest BCUT2D eigenvalue weighted by Gasteiger charge is -2.38. The van der Waals surface area contributed by atoms with Gasteiger partial charge in [-0.15, -0.1) is 0 Å². The maximum atomic E-state index is 14.4. The number of benzene rings is 2. The summed E-state index contributed by atoms with van der Waals surface area (Å²) in [6.07, 6.45) is 1.28. The third kappa shape index (κ3) is 15.2. The second-order valence-corrected chi connectivity index (χ2v) is 31.7. The summed E-state index contributed by atoms with van der Waals surface area (Å²) in [6.45, 7) is 37.3. The van der Waals surface area contributed by atoms with Gasteiger partial charge in [0.05, 0.1) is 69.5 Å². The summed E-state index contributed by atoms with van der Waals surface area (Å²) in [6, 6.07) is 5.62. The molecule has 2 fully saturated rings. The van der Waals surface area contributed by atoms with E-state index in [9.17, 15) is 19.2 Å². The first kappa shape index (κ1) is 56.5. The van der Waals surface area contributed by atoms with E-state index in [1.165, 1.54) is 26.4 Å². The fraction of sp³-hybridized carbons (Fsp3) is 0.608. The quantitative estimate of drug-likeness (QED) is 0.0727. The standard InChI is InChI=1S/C51H80N4O12Si2/c1-33-23-35(31-64-68(14,15)50(6,7)8)54(29-33)45(56)37-25-41(60-12)43(27-39(37)53-48(59)67-49(3,4)5)62-21-19-18-20-22-63-44-28-40(66-47(52)58)38(26-42(44)61-13)46(57)55-30-34(2)24-36(55)32-65-69(16,17)51(9,10)11/h25-28,35-36H,1-2,18-24,29-32H2,3-17H3,(H2,52,58)(H,53,59)/t35-,36-/m1/s1. The van der Waals surface area contributed by atoms with Crippen LogP contribution >= 0.6 is 0 Å². The fourth-order valence-electron chi connectivity index (χ4n) is 7.33. The van der Waals surface area contributed by atoms with E-state index in [2.05, 4.69) is 86.2 Å². The average Bonchev–Trinajstić information content (AvgIpc) is 3.80. The molecular formula is C51H80N4O12Si2. The molecule has 0 spiro atoms. The number of nitrogens with one attached hydrogen (secondary N) is 1. The minimum Gasteiger partial charge on any atom is -0.493 e. The van der Waals surface area contributed by atoms with Crippen molar-refractivity contribution in [3.05, 3.63) is 59.7 Å². The first-order valence-electron chi connectivity index (χ1n) is 23.8. The van der Waals surface area contributed by atoms with Crippen LogP contribution in [-0.2, 0) is 13.6 Å². The number of methoxy groups -OCH3 is 2. The Morgan fingerprint density at radius 1 is 0.652 bits per heavy atom. The molecule has 0 aliphatic carbocycles. The molecule has 2 heterocycles. The van der Waals surface area contributed by atoms with Crippen LogP contribution in [0.15, 0.2) is 48.6 Å². The summed E-state index contributed by atoms with van der Waals surface area (Å²) >= 11 is 0. The maximum absolute atomic E-state index is 14.4. The molecule has 2 aromatic carbocycles. The minimum absolute atomic E-state index is 0.00484. The normalized spacial score (nSPS) is 16.9. The molecule has 2 aliphatic heterocycles. The van der Waals surface area contributed by atoms with Crippen LogP contribution in [0.2, 0.25) is 36.3 Å². The number of ether oxygens (including phenoxy) is 6. The van der Waals surface area contributed by atoms with Crippen molar-refractivity contribution >= 4 is 46.3 Å². The lowest BCUT2D eigenvalue weighted by Crippen LogP contribution is -2.46. The van der Waals surface area contributed by atoms with Gasteiger partial charge in [0.1, 0.15) is 11.4 Å².